The zero-order valence-corrected chi connectivity index (χ0v) is 6.90. The van der Waals surface area contributed by atoms with Gasteiger partial charge in [-0.15, -0.1) is 0 Å². The van der Waals surface area contributed by atoms with E-state index in [0.29, 0.717) is 0 Å². The summed E-state index contributed by atoms with van der Waals surface area (Å²) in [5.41, 5.74) is 0. The lowest BCUT2D eigenvalue weighted by Crippen LogP contribution is -2.18. The van der Waals surface area contributed by atoms with Crippen LogP contribution in [0.5, 0.6) is 0 Å². The van der Waals surface area contributed by atoms with Crippen LogP contribution in [0, 0.1) is 0 Å². The van der Waals surface area contributed by atoms with Gasteiger partial charge in [-0.05, 0) is 20.0 Å². The van der Waals surface area contributed by atoms with Crippen LogP contribution in [0.1, 0.15) is 6.92 Å². The molecule has 0 aliphatic heterocycles. The summed E-state index contributed by atoms with van der Waals surface area (Å²) in [5.74, 6) is 0. The molecule has 0 spiro atoms. The van der Waals surface area contributed by atoms with Crippen molar-refractivity contribution in [2.24, 2.45) is 0 Å². The van der Waals surface area contributed by atoms with Gasteiger partial charge in [0.05, 0.1) is 4.91 Å². The van der Waals surface area contributed by atoms with Crippen LogP contribution in [0.3, 0.4) is 0 Å². The predicted molar refractivity (Wildman–Crippen MR) is 41.9 cm³/mol. The molecule has 3 nitrogen and oxygen atoms in total. The fraction of sp³-hybridized carbons (Fsp3) is 0.333. The number of hydrogen-bond donors (Lipinski definition) is 1. The normalized spacial score (nSPS) is 13.2. The standard InChI is InChI=1S/C6H11NO2S/c1-4-5-6(2)10(8,9)7-3/h4-5,7H,1H2,2-3H3/b6-5+. The van der Waals surface area contributed by atoms with E-state index in [0.717, 1.165) is 0 Å². The molecule has 0 aromatic rings. The second kappa shape index (κ2) is 3.53. The van der Waals surface area contributed by atoms with Gasteiger partial charge in [-0.3, -0.25) is 0 Å². The molecule has 0 aromatic heterocycles. The van der Waals surface area contributed by atoms with Crippen molar-refractivity contribution in [3.63, 3.8) is 0 Å². The minimum atomic E-state index is -3.22. The zero-order valence-electron chi connectivity index (χ0n) is 6.09. The Labute approximate surface area is 61.5 Å². The maximum atomic E-state index is 10.9. The highest BCUT2D eigenvalue weighted by Crippen LogP contribution is 2.00. The van der Waals surface area contributed by atoms with E-state index in [4.69, 9.17) is 0 Å². The third-order valence-electron chi connectivity index (χ3n) is 1.05. The molecule has 58 valence electrons. The van der Waals surface area contributed by atoms with E-state index in [2.05, 4.69) is 11.3 Å². The second-order valence-corrected chi connectivity index (χ2v) is 3.78. The van der Waals surface area contributed by atoms with Crippen LogP contribution in [0.2, 0.25) is 0 Å². The average Bonchev–Trinajstić information content (AvgIpc) is 1.89. The molecule has 0 saturated carbocycles. The molecule has 0 amide bonds. The molecule has 0 bridgehead atoms. The summed E-state index contributed by atoms with van der Waals surface area (Å²) in [6.45, 7) is 4.89. The van der Waals surface area contributed by atoms with Crippen molar-refractivity contribution in [2.45, 2.75) is 6.92 Å². The van der Waals surface area contributed by atoms with Crippen LogP contribution in [-0.2, 0) is 10.0 Å². The fourth-order valence-corrected chi connectivity index (χ4v) is 1.01. The van der Waals surface area contributed by atoms with Crippen molar-refractivity contribution >= 4 is 10.0 Å². The van der Waals surface area contributed by atoms with Crippen LogP contribution < -0.4 is 4.72 Å². The Hall–Kier alpha value is -0.610. The summed E-state index contributed by atoms with van der Waals surface area (Å²) in [6.07, 6.45) is 2.87. The maximum Gasteiger partial charge on any atom is 0.236 e. The Kier molecular flexibility index (Phi) is 3.32. The second-order valence-electron chi connectivity index (χ2n) is 1.72. The van der Waals surface area contributed by atoms with E-state index in [1.165, 1.54) is 26.1 Å². The van der Waals surface area contributed by atoms with E-state index < -0.39 is 10.0 Å². The fourth-order valence-electron chi connectivity index (χ4n) is 0.417. The first-order chi connectivity index (χ1) is 4.54. The summed E-state index contributed by atoms with van der Waals surface area (Å²) in [6, 6.07) is 0. The molecule has 0 rings (SSSR count). The minimum absolute atomic E-state index is 0.269. The number of rotatable bonds is 3. The smallest absolute Gasteiger partial charge is 0.215 e. The highest BCUT2D eigenvalue weighted by atomic mass is 32.2. The van der Waals surface area contributed by atoms with E-state index in [1.807, 2.05) is 0 Å². The Bertz CT molecular complexity index is 238. The van der Waals surface area contributed by atoms with Gasteiger partial charge in [0.2, 0.25) is 10.0 Å². The van der Waals surface area contributed by atoms with Gasteiger partial charge < -0.3 is 0 Å². The van der Waals surface area contributed by atoms with Crippen molar-refractivity contribution in [1.82, 2.24) is 4.72 Å². The SMILES string of the molecule is C=C/C=C(\C)S(=O)(=O)NC. The zero-order chi connectivity index (χ0) is 8.20. The molecular weight excluding hydrogens is 150 g/mol. The van der Waals surface area contributed by atoms with E-state index in [-0.39, 0.29) is 4.91 Å². The van der Waals surface area contributed by atoms with Crippen molar-refractivity contribution < 1.29 is 8.42 Å². The van der Waals surface area contributed by atoms with Crippen LogP contribution in [0.4, 0.5) is 0 Å². The summed E-state index contributed by atoms with van der Waals surface area (Å²) in [4.78, 5) is 0.269. The van der Waals surface area contributed by atoms with Gasteiger partial charge >= 0.3 is 0 Å². The third kappa shape index (κ3) is 2.33. The van der Waals surface area contributed by atoms with E-state index in [1.54, 1.807) is 0 Å². The molecular formula is C6H11NO2S. The topological polar surface area (TPSA) is 46.2 Å². The third-order valence-corrected chi connectivity index (χ3v) is 2.57. The number of allylic oxidation sites excluding steroid dienone is 3. The van der Waals surface area contributed by atoms with Crippen molar-refractivity contribution in [3.8, 4) is 0 Å². The largest absolute Gasteiger partial charge is 0.236 e. The molecule has 0 aliphatic rings. The van der Waals surface area contributed by atoms with Gasteiger partial charge in [0.15, 0.2) is 0 Å². The summed E-state index contributed by atoms with van der Waals surface area (Å²) in [7, 11) is -1.85. The molecule has 0 aliphatic carbocycles. The van der Waals surface area contributed by atoms with Crippen LogP contribution in [-0.4, -0.2) is 15.5 Å². The summed E-state index contributed by atoms with van der Waals surface area (Å²) < 4.78 is 23.9. The highest BCUT2D eigenvalue weighted by molar-refractivity contribution is 7.93. The van der Waals surface area contributed by atoms with Gasteiger partial charge in [0, 0.05) is 0 Å². The van der Waals surface area contributed by atoms with Crippen LogP contribution in [0.25, 0.3) is 0 Å². The van der Waals surface area contributed by atoms with Crippen LogP contribution >= 0.6 is 0 Å². The molecule has 0 aromatic carbocycles. The molecule has 1 N–H and O–H groups in total. The first-order valence-electron chi connectivity index (χ1n) is 2.77. The first-order valence-corrected chi connectivity index (χ1v) is 4.26. The lowest BCUT2D eigenvalue weighted by molar-refractivity contribution is 0.594. The molecule has 0 atom stereocenters. The van der Waals surface area contributed by atoms with Gasteiger partial charge in [-0.25, -0.2) is 13.1 Å². The van der Waals surface area contributed by atoms with Crippen molar-refractivity contribution in [2.75, 3.05) is 7.05 Å². The lowest BCUT2D eigenvalue weighted by Gasteiger charge is -1.98. The van der Waals surface area contributed by atoms with Gasteiger partial charge in [-0.1, -0.05) is 12.7 Å². The molecule has 0 fully saturated rings. The Morgan fingerprint density at radius 2 is 2.10 bits per heavy atom. The molecule has 4 heteroatoms. The quantitative estimate of drug-likeness (QED) is 0.617. The summed E-state index contributed by atoms with van der Waals surface area (Å²) in [5, 5.41) is 0. The molecule has 0 heterocycles. The van der Waals surface area contributed by atoms with Crippen molar-refractivity contribution in [1.29, 1.82) is 0 Å². The molecule has 0 unspecified atom stereocenters. The summed E-state index contributed by atoms with van der Waals surface area (Å²) >= 11 is 0. The Morgan fingerprint density at radius 1 is 1.60 bits per heavy atom. The Balaban J connectivity index is 4.67. The minimum Gasteiger partial charge on any atom is -0.215 e. The van der Waals surface area contributed by atoms with E-state index >= 15 is 0 Å². The van der Waals surface area contributed by atoms with E-state index in [9.17, 15) is 8.42 Å². The monoisotopic (exact) mass is 161 g/mol. The van der Waals surface area contributed by atoms with Gasteiger partial charge in [-0.2, -0.15) is 0 Å². The molecule has 10 heavy (non-hydrogen) atoms. The molecule has 0 saturated heterocycles. The maximum absolute atomic E-state index is 10.9. The van der Waals surface area contributed by atoms with Crippen molar-refractivity contribution in [3.05, 3.63) is 23.6 Å². The lowest BCUT2D eigenvalue weighted by atomic mass is 10.5. The van der Waals surface area contributed by atoms with Crippen LogP contribution in [0.15, 0.2) is 23.6 Å². The number of hydrogen-bond acceptors (Lipinski definition) is 2. The Morgan fingerprint density at radius 3 is 2.40 bits per heavy atom. The first kappa shape index (κ1) is 9.39. The number of sulfonamides is 1. The average molecular weight is 161 g/mol. The molecule has 0 radical (unpaired) electrons. The van der Waals surface area contributed by atoms with Gasteiger partial charge in [0.25, 0.3) is 0 Å². The predicted octanol–water partition coefficient (Wildman–Crippen LogP) is 0.625. The highest BCUT2D eigenvalue weighted by Gasteiger charge is 2.07. The number of nitrogens with one attached hydrogen (secondary N) is 1. The van der Waals surface area contributed by atoms with Gasteiger partial charge in [0.1, 0.15) is 0 Å².